The van der Waals surface area contributed by atoms with Gasteiger partial charge in [0.1, 0.15) is 6.61 Å². The van der Waals surface area contributed by atoms with E-state index in [-0.39, 0.29) is 5.28 Å². The second-order valence-electron chi connectivity index (χ2n) is 3.48. The van der Waals surface area contributed by atoms with E-state index in [0.717, 1.165) is 6.61 Å². The molecule has 0 radical (unpaired) electrons. The summed E-state index contributed by atoms with van der Waals surface area (Å²) in [5, 5.41) is 0.190. The summed E-state index contributed by atoms with van der Waals surface area (Å²) >= 11 is 5.59. The van der Waals surface area contributed by atoms with Gasteiger partial charge in [0.25, 0.3) is 0 Å². The lowest BCUT2D eigenvalue weighted by atomic mass is 10.2. The quantitative estimate of drug-likeness (QED) is 0.555. The maximum Gasteiger partial charge on any atom is 0.225 e. The first-order valence-corrected chi connectivity index (χ1v) is 5.25. The third kappa shape index (κ3) is 5.54. The minimum absolute atomic E-state index is 0.190. The van der Waals surface area contributed by atoms with Gasteiger partial charge in [-0.2, -0.15) is 4.98 Å². The molecule has 0 aliphatic rings. The molecule has 84 valence electrons. The van der Waals surface area contributed by atoms with E-state index >= 15 is 0 Å². The van der Waals surface area contributed by atoms with Crippen molar-refractivity contribution >= 4 is 11.6 Å². The lowest BCUT2D eigenvalue weighted by Gasteiger charge is -2.07. The zero-order valence-corrected chi connectivity index (χ0v) is 9.70. The van der Waals surface area contributed by atoms with Crippen LogP contribution in [0.5, 0.6) is 5.88 Å². The average Bonchev–Trinajstić information content (AvgIpc) is 2.17. The molecule has 0 saturated heterocycles. The van der Waals surface area contributed by atoms with Crippen molar-refractivity contribution in [3.05, 3.63) is 17.5 Å². The number of nitrogens with zero attached hydrogens (tertiary/aromatic N) is 2. The Morgan fingerprint density at radius 2 is 2.20 bits per heavy atom. The van der Waals surface area contributed by atoms with E-state index in [9.17, 15) is 0 Å². The zero-order valence-electron chi connectivity index (χ0n) is 8.94. The first-order chi connectivity index (χ1) is 7.18. The van der Waals surface area contributed by atoms with Crippen LogP contribution in [0.3, 0.4) is 0 Å². The topological polar surface area (TPSA) is 44.2 Å². The number of rotatable bonds is 6. The van der Waals surface area contributed by atoms with Crippen molar-refractivity contribution in [2.24, 2.45) is 5.92 Å². The molecule has 0 aromatic carbocycles. The normalized spacial score (nSPS) is 10.7. The molecule has 1 aromatic heterocycles. The molecule has 0 N–H and O–H groups in total. The molecule has 0 unspecified atom stereocenters. The number of aromatic nitrogens is 2. The van der Waals surface area contributed by atoms with E-state index < -0.39 is 0 Å². The fourth-order valence-corrected chi connectivity index (χ4v) is 1.06. The Hall–Kier alpha value is -0.870. The van der Waals surface area contributed by atoms with Gasteiger partial charge < -0.3 is 9.47 Å². The van der Waals surface area contributed by atoms with Crippen molar-refractivity contribution in [1.82, 2.24) is 9.97 Å². The molecule has 0 aliphatic heterocycles. The second-order valence-corrected chi connectivity index (χ2v) is 3.82. The zero-order chi connectivity index (χ0) is 11.1. The van der Waals surface area contributed by atoms with Crippen molar-refractivity contribution in [1.29, 1.82) is 0 Å². The first kappa shape index (κ1) is 12.2. The van der Waals surface area contributed by atoms with E-state index in [1.54, 1.807) is 12.3 Å². The van der Waals surface area contributed by atoms with Gasteiger partial charge in [0.05, 0.1) is 6.61 Å². The summed E-state index contributed by atoms with van der Waals surface area (Å²) in [7, 11) is 0. The summed E-state index contributed by atoms with van der Waals surface area (Å²) in [6.07, 6.45) is 1.56. The van der Waals surface area contributed by atoms with E-state index in [0.29, 0.717) is 25.0 Å². The molecule has 0 saturated carbocycles. The van der Waals surface area contributed by atoms with Crippen LogP contribution in [0.25, 0.3) is 0 Å². The molecule has 0 atom stereocenters. The van der Waals surface area contributed by atoms with Crippen LogP contribution in [-0.2, 0) is 4.74 Å². The minimum atomic E-state index is 0.190. The third-order valence-corrected chi connectivity index (χ3v) is 1.71. The van der Waals surface area contributed by atoms with Crippen molar-refractivity contribution in [2.45, 2.75) is 13.8 Å². The Morgan fingerprint density at radius 3 is 2.87 bits per heavy atom. The molecule has 5 heteroatoms. The van der Waals surface area contributed by atoms with Crippen LogP contribution in [0.4, 0.5) is 0 Å². The van der Waals surface area contributed by atoms with E-state index in [2.05, 4.69) is 23.8 Å². The third-order valence-electron chi connectivity index (χ3n) is 1.53. The Labute approximate surface area is 94.6 Å². The van der Waals surface area contributed by atoms with Crippen LogP contribution in [0, 0.1) is 5.92 Å². The highest BCUT2D eigenvalue weighted by Crippen LogP contribution is 2.07. The van der Waals surface area contributed by atoms with Crippen LogP contribution in [-0.4, -0.2) is 29.8 Å². The fourth-order valence-electron chi connectivity index (χ4n) is 0.924. The SMILES string of the molecule is CC(C)COCCOc1ccnc(Cl)n1. The second kappa shape index (κ2) is 6.58. The largest absolute Gasteiger partial charge is 0.475 e. The fraction of sp³-hybridized carbons (Fsp3) is 0.600. The molecule has 15 heavy (non-hydrogen) atoms. The molecule has 1 heterocycles. The van der Waals surface area contributed by atoms with Gasteiger partial charge in [-0.3, -0.25) is 0 Å². The van der Waals surface area contributed by atoms with Gasteiger partial charge in [-0.05, 0) is 17.5 Å². The molecule has 0 aliphatic carbocycles. The Morgan fingerprint density at radius 1 is 1.40 bits per heavy atom. The highest BCUT2D eigenvalue weighted by atomic mass is 35.5. The maximum absolute atomic E-state index is 5.59. The highest BCUT2D eigenvalue weighted by molar-refractivity contribution is 6.28. The number of halogens is 1. The molecule has 0 bridgehead atoms. The molecule has 0 amide bonds. The van der Waals surface area contributed by atoms with Gasteiger partial charge >= 0.3 is 0 Å². The lowest BCUT2D eigenvalue weighted by Crippen LogP contribution is -2.10. The van der Waals surface area contributed by atoms with Gasteiger partial charge in [0, 0.05) is 18.9 Å². The molecule has 4 nitrogen and oxygen atoms in total. The van der Waals surface area contributed by atoms with Gasteiger partial charge in [-0.25, -0.2) is 4.98 Å². The van der Waals surface area contributed by atoms with Crippen LogP contribution in [0.2, 0.25) is 5.28 Å². The predicted octanol–water partition coefficient (Wildman–Crippen LogP) is 2.18. The molecular formula is C10H15ClN2O2. The Kier molecular flexibility index (Phi) is 5.36. The van der Waals surface area contributed by atoms with Crippen LogP contribution in [0.15, 0.2) is 12.3 Å². The number of hydrogen-bond donors (Lipinski definition) is 0. The van der Waals surface area contributed by atoms with E-state index in [4.69, 9.17) is 21.1 Å². The van der Waals surface area contributed by atoms with Crippen molar-refractivity contribution in [3.8, 4) is 5.88 Å². The predicted molar refractivity (Wildman–Crippen MR) is 58.2 cm³/mol. The van der Waals surface area contributed by atoms with Crippen LogP contribution >= 0.6 is 11.6 Å². The summed E-state index contributed by atoms with van der Waals surface area (Å²) < 4.78 is 10.7. The number of hydrogen-bond acceptors (Lipinski definition) is 4. The smallest absolute Gasteiger partial charge is 0.225 e. The standard InChI is InChI=1S/C10H15ClN2O2/c1-8(2)7-14-5-6-15-9-3-4-12-10(11)13-9/h3-4,8H,5-7H2,1-2H3. The summed E-state index contributed by atoms with van der Waals surface area (Å²) in [6, 6.07) is 1.66. The molecule has 0 fully saturated rings. The molecular weight excluding hydrogens is 216 g/mol. The van der Waals surface area contributed by atoms with Crippen LogP contribution in [0.1, 0.15) is 13.8 Å². The van der Waals surface area contributed by atoms with E-state index in [1.165, 1.54) is 0 Å². The highest BCUT2D eigenvalue weighted by Gasteiger charge is 1.98. The summed E-state index contributed by atoms with van der Waals surface area (Å²) in [5.41, 5.74) is 0. The van der Waals surface area contributed by atoms with Crippen LogP contribution < -0.4 is 4.74 Å². The summed E-state index contributed by atoms with van der Waals surface area (Å²) in [4.78, 5) is 7.63. The van der Waals surface area contributed by atoms with Gasteiger partial charge in [0.2, 0.25) is 11.2 Å². The molecule has 0 spiro atoms. The minimum Gasteiger partial charge on any atom is -0.475 e. The monoisotopic (exact) mass is 230 g/mol. The Bertz CT molecular complexity index is 295. The molecule has 1 rings (SSSR count). The first-order valence-electron chi connectivity index (χ1n) is 4.87. The summed E-state index contributed by atoms with van der Waals surface area (Å²) in [6.45, 7) is 5.98. The average molecular weight is 231 g/mol. The van der Waals surface area contributed by atoms with Crippen molar-refractivity contribution < 1.29 is 9.47 Å². The maximum atomic E-state index is 5.59. The van der Waals surface area contributed by atoms with Gasteiger partial charge in [0.15, 0.2) is 0 Å². The Balaban J connectivity index is 2.15. The van der Waals surface area contributed by atoms with Crippen molar-refractivity contribution in [3.63, 3.8) is 0 Å². The van der Waals surface area contributed by atoms with Crippen molar-refractivity contribution in [2.75, 3.05) is 19.8 Å². The number of ether oxygens (including phenoxy) is 2. The summed E-state index contributed by atoms with van der Waals surface area (Å²) in [5.74, 6) is 1.02. The lowest BCUT2D eigenvalue weighted by molar-refractivity contribution is 0.0806. The van der Waals surface area contributed by atoms with E-state index in [1.807, 2.05) is 0 Å². The van der Waals surface area contributed by atoms with Gasteiger partial charge in [-0.15, -0.1) is 0 Å². The molecule has 1 aromatic rings. The van der Waals surface area contributed by atoms with Gasteiger partial charge in [-0.1, -0.05) is 13.8 Å².